The van der Waals surface area contributed by atoms with Gasteiger partial charge in [-0.1, -0.05) is 18.2 Å². The maximum atomic E-state index is 12.3. The van der Waals surface area contributed by atoms with Crippen LogP contribution in [0.5, 0.6) is 0 Å². The zero-order chi connectivity index (χ0) is 16.8. The van der Waals surface area contributed by atoms with Crippen LogP contribution in [0.3, 0.4) is 0 Å². The molecule has 1 aromatic carbocycles. The summed E-state index contributed by atoms with van der Waals surface area (Å²) in [7, 11) is 0. The molecule has 6 heteroatoms. The predicted molar refractivity (Wildman–Crippen MR) is 83.1 cm³/mol. The molecule has 0 aliphatic rings. The van der Waals surface area contributed by atoms with Gasteiger partial charge in [-0.3, -0.25) is 9.59 Å². The molecule has 0 aliphatic heterocycles. The second kappa shape index (κ2) is 7.58. The smallest absolute Gasteiger partial charge is 0.336 e. The molecule has 0 amide bonds. The van der Waals surface area contributed by atoms with E-state index in [2.05, 4.69) is 0 Å². The highest BCUT2D eigenvalue weighted by atomic mass is 16.5. The van der Waals surface area contributed by atoms with Crippen LogP contribution in [0, 0.1) is 0 Å². The summed E-state index contributed by atoms with van der Waals surface area (Å²) < 4.78 is 15.1. The van der Waals surface area contributed by atoms with Crippen molar-refractivity contribution in [3.05, 3.63) is 46.3 Å². The number of carbonyl (C=O) groups excluding carboxylic acids is 2. The Morgan fingerprint density at radius 1 is 1.13 bits per heavy atom. The van der Waals surface area contributed by atoms with E-state index in [0.29, 0.717) is 16.5 Å². The quantitative estimate of drug-likeness (QED) is 0.601. The lowest BCUT2D eigenvalue weighted by atomic mass is 9.93. The molecule has 0 N–H and O–H groups in total. The Bertz CT molecular complexity index is 761. The number of fused-ring (bicyclic) bond motifs is 1. The minimum absolute atomic E-state index is 0.178. The topological polar surface area (TPSA) is 82.8 Å². The van der Waals surface area contributed by atoms with Gasteiger partial charge in [0.25, 0.3) is 0 Å². The van der Waals surface area contributed by atoms with Gasteiger partial charge >= 0.3 is 17.6 Å². The normalized spacial score (nSPS) is 11.9. The average Bonchev–Trinajstić information content (AvgIpc) is 2.52. The molecule has 0 fully saturated rings. The van der Waals surface area contributed by atoms with E-state index in [4.69, 9.17) is 13.9 Å². The maximum absolute atomic E-state index is 12.3. The first-order valence-corrected chi connectivity index (χ1v) is 7.41. The molecule has 1 unspecified atom stereocenters. The Labute approximate surface area is 133 Å². The van der Waals surface area contributed by atoms with Crippen molar-refractivity contribution in [2.75, 3.05) is 13.2 Å². The number of benzene rings is 1. The Morgan fingerprint density at radius 2 is 1.83 bits per heavy atom. The zero-order valence-electron chi connectivity index (χ0n) is 13.0. The van der Waals surface area contributed by atoms with E-state index in [0.717, 1.165) is 0 Å². The molecule has 0 saturated heterocycles. The molecular formula is C17H18O6. The standard InChI is InChI=1S/C17H18O6/c1-3-21-15(18)10-13(17(20)22-4-2)12-9-16(19)23-14-8-6-5-7-11(12)14/h5-9,13H,3-4,10H2,1-2H3. The fourth-order valence-electron chi connectivity index (χ4n) is 2.37. The summed E-state index contributed by atoms with van der Waals surface area (Å²) in [5, 5.41) is 0.592. The molecule has 23 heavy (non-hydrogen) atoms. The molecule has 0 radical (unpaired) electrons. The van der Waals surface area contributed by atoms with Crippen molar-refractivity contribution in [1.82, 2.24) is 0 Å². The third-order valence-corrected chi connectivity index (χ3v) is 3.30. The largest absolute Gasteiger partial charge is 0.466 e. The van der Waals surface area contributed by atoms with Gasteiger partial charge in [0.2, 0.25) is 0 Å². The minimum Gasteiger partial charge on any atom is -0.466 e. The van der Waals surface area contributed by atoms with Crippen molar-refractivity contribution >= 4 is 22.9 Å². The Balaban J connectivity index is 2.52. The lowest BCUT2D eigenvalue weighted by Gasteiger charge is -2.16. The maximum Gasteiger partial charge on any atom is 0.336 e. The molecular weight excluding hydrogens is 300 g/mol. The molecule has 0 saturated carbocycles. The monoisotopic (exact) mass is 318 g/mol. The predicted octanol–water partition coefficient (Wildman–Crippen LogP) is 2.39. The second-order valence-corrected chi connectivity index (χ2v) is 4.83. The Kier molecular flexibility index (Phi) is 5.51. The third-order valence-electron chi connectivity index (χ3n) is 3.30. The van der Waals surface area contributed by atoms with Gasteiger partial charge in [-0.2, -0.15) is 0 Å². The zero-order valence-corrected chi connectivity index (χ0v) is 13.0. The van der Waals surface area contributed by atoms with Crippen LogP contribution in [-0.4, -0.2) is 25.2 Å². The summed E-state index contributed by atoms with van der Waals surface area (Å²) in [5.74, 6) is -2.01. The fourth-order valence-corrected chi connectivity index (χ4v) is 2.37. The highest BCUT2D eigenvalue weighted by molar-refractivity contribution is 5.91. The molecule has 0 spiro atoms. The van der Waals surface area contributed by atoms with Crippen molar-refractivity contribution in [2.45, 2.75) is 26.2 Å². The molecule has 2 aromatic rings. The van der Waals surface area contributed by atoms with Crippen molar-refractivity contribution in [3.8, 4) is 0 Å². The molecule has 1 heterocycles. The van der Waals surface area contributed by atoms with Crippen LogP contribution in [0.1, 0.15) is 31.7 Å². The summed E-state index contributed by atoms with van der Waals surface area (Å²) in [6, 6.07) is 8.07. The minimum atomic E-state index is -0.914. The van der Waals surface area contributed by atoms with Crippen LogP contribution in [0.25, 0.3) is 11.0 Å². The van der Waals surface area contributed by atoms with Crippen LogP contribution >= 0.6 is 0 Å². The van der Waals surface area contributed by atoms with Gasteiger partial charge in [0.15, 0.2) is 0 Å². The second-order valence-electron chi connectivity index (χ2n) is 4.83. The van der Waals surface area contributed by atoms with Crippen LogP contribution in [0.4, 0.5) is 0 Å². The molecule has 122 valence electrons. The van der Waals surface area contributed by atoms with Gasteiger partial charge in [0.05, 0.1) is 25.6 Å². The van der Waals surface area contributed by atoms with Crippen LogP contribution in [0.2, 0.25) is 0 Å². The number of carbonyl (C=O) groups is 2. The van der Waals surface area contributed by atoms with Gasteiger partial charge in [-0.15, -0.1) is 0 Å². The highest BCUT2D eigenvalue weighted by Crippen LogP contribution is 2.28. The SMILES string of the molecule is CCOC(=O)CC(C(=O)OCC)c1cc(=O)oc2ccccc12. The van der Waals surface area contributed by atoms with Crippen molar-refractivity contribution in [2.24, 2.45) is 0 Å². The lowest BCUT2D eigenvalue weighted by Crippen LogP contribution is -2.22. The number of hydrogen-bond donors (Lipinski definition) is 0. The Hall–Kier alpha value is -2.63. The van der Waals surface area contributed by atoms with E-state index in [-0.39, 0.29) is 19.6 Å². The summed E-state index contributed by atoms with van der Waals surface area (Å²) in [4.78, 5) is 35.9. The van der Waals surface area contributed by atoms with E-state index in [9.17, 15) is 14.4 Å². The van der Waals surface area contributed by atoms with E-state index < -0.39 is 23.5 Å². The highest BCUT2D eigenvalue weighted by Gasteiger charge is 2.28. The fraction of sp³-hybridized carbons (Fsp3) is 0.353. The van der Waals surface area contributed by atoms with Gasteiger partial charge in [-0.05, 0) is 25.5 Å². The summed E-state index contributed by atoms with van der Waals surface area (Å²) in [6.45, 7) is 3.75. The number of hydrogen-bond acceptors (Lipinski definition) is 6. The van der Waals surface area contributed by atoms with Crippen molar-refractivity contribution in [3.63, 3.8) is 0 Å². The van der Waals surface area contributed by atoms with Crippen LogP contribution in [-0.2, 0) is 19.1 Å². The van der Waals surface area contributed by atoms with Gasteiger partial charge < -0.3 is 13.9 Å². The Morgan fingerprint density at radius 3 is 2.52 bits per heavy atom. The van der Waals surface area contributed by atoms with E-state index in [1.165, 1.54) is 6.07 Å². The number of esters is 2. The molecule has 6 nitrogen and oxygen atoms in total. The van der Waals surface area contributed by atoms with Gasteiger partial charge in [0, 0.05) is 11.5 Å². The van der Waals surface area contributed by atoms with Gasteiger partial charge in [-0.25, -0.2) is 4.79 Å². The summed E-state index contributed by atoms with van der Waals surface area (Å²) in [6.07, 6.45) is -0.194. The molecule has 0 bridgehead atoms. The van der Waals surface area contributed by atoms with E-state index in [1.807, 2.05) is 0 Å². The number of ether oxygens (including phenoxy) is 2. The van der Waals surface area contributed by atoms with Gasteiger partial charge in [0.1, 0.15) is 5.58 Å². The summed E-state index contributed by atoms with van der Waals surface area (Å²) >= 11 is 0. The first-order chi connectivity index (χ1) is 11.1. The van der Waals surface area contributed by atoms with Crippen LogP contribution < -0.4 is 5.63 Å². The van der Waals surface area contributed by atoms with Crippen molar-refractivity contribution in [1.29, 1.82) is 0 Å². The van der Waals surface area contributed by atoms with E-state index in [1.54, 1.807) is 38.1 Å². The van der Waals surface area contributed by atoms with Crippen molar-refractivity contribution < 1.29 is 23.5 Å². The van der Waals surface area contributed by atoms with Crippen LogP contribution in [0.15, 0.2) is 39.5 Å². The number of para-hydroxylation sites is 1. The third kappa shape index (κ3) is 3.97. The average molecular weight is 318 g/mol. The number of rotatable bonds is 6. The summed E-state index contributed by atoms with van der Waals surface area (Å²) in [5.41, 5.74) is 0.174. The molecule has 2 rings (SSSR count). The first kappa shape index (κ1) is 16.7. The molecule has 1 aromatic heterocycles. The van der Waals surface area contributed by atoms with E-state index >= 15 is 0 Å². The molecule has 1 atom stereocenters. The molecule has 0 aliphatic carbocycles. The first-order valence-electron chi connectivity index (χ1n) is 7.41. The lowest BCUT2D eigenvalue weighted by molar-refractivity contribution is -0.151.